The van der Waals surface area contributed by atoms with Crippen molar-refractivity contribution in [2.24, 2.45) is 0 Å². The number of halogens is 2. The van der Waals surface area contributed by atoms with E-state index in [0.29, 0.717) is 10.5 Å². The van der Waals surface area contributed by atoms with E-state index in [4.69, 9.17) is 16.6 Å². The van der Waals surface area contributed by atoms with Gasteiger partial charge in [-0.25, -0.2) is 0 Å². The van der Waals surface area contributed by atoms with E-state index >= 15 is 0 Å². The summed E-state index contributed by atoms with van der Waals surface area (Å²) < 4.78 is 0.794. The molecule has 0 heterocycles. The molecule has 0 fully saturated rings. The molecule has 1 N–H and O–H groups in total. The van der Waals surface area contributed by atoms with Crippen LogP contribution in [0.1, 0.15) is 0 Å². The molecule has 0 aromatic heterocycles. The third-order valence-corrected chi connectivity index (χ3v) is 2.15. The molecule has 0 atom stereocenters. The van der Waals surface area contributed by atoms with E-state index in [1.54, 1.807) is 12.1 Å². The van der Waals surface area contributed by atoms with Gasteiger partial charge in [-0.3, -0.25) is 0 Å². The fraction of sp³-hybridized carbons (Fsp3) is 0. The summed E-state index contributed by atoms with van der Waals surface area (Å²) in [5.74, 6) is 0. The summed E-state index contributed by atoms with van der Waals surface area (Å²) in [6.07, 6.45) is 0. The quantitative estimate of drug-likeness (QED) is 0.726. The second kappa shape index (κ2) is 5.84. The standard InChI is InChI=1S/C6H4BBrClO.Ho/c8-4-2-1-3-5(9)6(4)7-10;/h1-3,10H;. The van der Waals surface area contributed by atoms with Crippen molar-refractivity contribution in [1.82, 2.24) is 0 Å². The summed E-state index contributed by atoms with van der Waals surface area (Å²) >= 11 is 8.94. The van der Waals surface area contributed by atoms with Crippen molar-refractivity contribution in [3.8, 4) is 0 Å². The molecule has 0 unspecified atom stereocenters. The Morgan fingerprint density at radius 3 is 2.45 bits per heavy atom. The van der Waals surface area contributed by atoms with Gasteiger partial charge in [-0.15, -0.1) is 0 Å². The molecule has 0 saturated heterocycles. The minimum atomic E-state index is 0. The Kier molecular flexibility index (Phi) is 6.52. The molecule has 1 rings (SSSR count). The molecule has 1 aromatic rings. The van der Waals surface area contributed by atoms with Crippen LogP contribution in [-0.4, -0.2) is 12.5 Å². The Morgan fingerprint density at radius 1 is 1.45 bits per heavy atom. The molecule has 1 aromatic carbocycles. The third kappa shape index (κ3) is 3.25. The largest absolute Gasteiger partial charge is 0.450 e. The Bertz CT molecular complexity index is 226. The van der Waals surface area contributed by atoms with Crippen LogP contribution in [0.3, 0.4) is 0 Å². The molecule has 62 valence electrons. The van der Waals surface area contributed by atoms with Gasteiger partial charge in [-0.1, -0.05) is 33.6 Å². The van der Waals surface area contributed by atoms with Gasteiger partial charge < -0.3 is 5.02 Å². The summed E-state index contributed by atoms with van der Waals surface area (Å²) in [5.41, 5.74) is 0.615. The van der Waals surface area contributed by atoms with Crippen LogP contribution in [0.2, 0.25) is 5.02 Å². The summed E-state index contributed by atoms with van der Waals surface area (Å²) in [6.45, 7) is 0. The van der Waals surface area contributed by atoms with Gasteiger partial charge in [-0.2, -0.15) is 0 Å². The molecular weight excluding hydrogens is 379 g/mol. The average Bonchev–Trinajstić information content (AvgIpc) is 1.88. The van der Waals surface area contributed by atoms with E-state index < -0.39 is 0 Å². The first-order valence-corrected chi connectivity index (χ1v) is 3.84. The van der Waals surface area contributed by atoms with Crippen LogP contribution < -0.4 is 5.46 Å². The fourth-order valence-electron chi connectivity index (χ4n) is 0.634. The van der Waals surface area contributed by atoms with E-state index in [2.05, 4.69) is 15.9 Å². The van der Waals surface area contributed by atoms with Crippen LogP contribution in [0.15, 0.2) is 22.7 Å². The second-order valence-electron chi connectivity index (χ2n) is 1.76. The monoisotopic (exact) mass is 382 g/mol. The predicted molar refractivity (Wildman–Crippen MR) is 46.8 cm³/mol. The molecule has 0 spiro atoms. The Morgan fingerprint density at radius 2 is 2.09 bits per heavy atom. The molecule has 11 heavy (non-hydrogen) atoms. The minimum absolute atomic E-state index is 0. The maximum atomic E-state index is 8.66. The van der Waals surface area contributed by atoms with Gasteiger partial charge in [0.25, 0.3) is 0 Å². The SMILES string of the molecule is O[B]c1c(Cl)cccc1Br.[Ho]. The van der Waals surface area contributed by atoms with E-state index in [1.807, 2.05) is 6.07 Å². The topological polar surface area (TPSA) is 20.2 Å². The van der Waals surface area contributed by atoms with Crippen LogP contribution in [0.4, 0.5) is 0 Å². The fourth-order valence-corrected chi connectivity index (χ4v) is 1.44. The van der Waals surface area contributed by atoms with Gasteiger partial charge in [0.1, 0.15) is 0 Å². The van der Waals surface area contributed by atoms with Gasteiger partial charge in [0, 0.05) is 47.2 Å². The average molecular weight is 383 g/mol. The predicted octanol–water partition coefficient (Wildman–Crippen LogP) is 1.34. The van der Waals surface area contributed by atoms with Crippen molar-refractivity contribution in [3.05, 3.63) is 27.7 Å². The Balaban J connectivity index is 0.000001000. The van der Waals surface area contributed by atoms with E-state index in [-0.39, 0.29) is 37.7 Å². The van der Waals surface area contributed by atoms with Crippen molar-refractivity contribution in [1.29, 1.82) is 0 Å². The van der Waals surface area contributed by atoms with Crippen LogP contribution in [0, 0.1) is 37.7 Å². The molecule has 0 aliphatic carbocycles. The first-order valence-electron chi connectivity index (χ1n) is 2.67. The van der Waals surface area contributed by atoms with Gasteiger partial charge in [0.15, 0.2) is 0 Å². The number of rotatable bonds is 1. The minimum Gasteiger partial charge on any atom is -0.450 e. The number of hydrogen-bond donors (Lipinski definition) is 1. The van der Waals surface area contributed by atoms with Gasteiger partial charge in [0.05, 0.1) is 0 Å². The van der Waals surface area contributed by atoms with Crippen LogP contribution >= 0.6 is 27.5 Å². The molecule has 0 saturated carbocycles. The smallest absolute Gasteiger partial charge is 0.329 e. The maximum Gasteiger partial charge on any atom is 0.329 e. The van der Waals surface area contributed by atoms with E-state index in [9.17, 15) is 0 Å². The van der Waals surface area contributed by atoms with Crippen LogP contribution in [0.5, 0.6) is 0 Å². The van der Waals surface area contributed by atoms with Crippen molar-refractivity contribution in [2.75, 3.05) is 0 Å². The van der Waals surface area contributed by atoms with Crippen molar-refractivity contribution < 1.29 is 42.8 Å². The number of hydrogen-bond acceptors (Lipinski definition) is 1. The second-order valence-corrected chi connectivity index (χ2v) is 3.03. The van der Waals surface area contributed by atoms with E-state index in [0.717, 1.165) is 12.0 Å². The first-order chi connectivity index (χ1) is 4.75. The molecule has 0 aliphatic heterocycles. The van der Waals surface area contributed by atoms with Gasteiger partial charge >= 0.3 is 7.48 Å². The molecule has 2 radical (unpaired) electrons. The molecular formula is C6H4BBrClHoO. The summed E-state index contributed by atoms with van der Waals surface area (Å²) in [5, 5.41) is 9.20. The maximum absolute atomic E-state index is 8.66. The van der Waals surface area contributed by atoms with Crippen molar-refractivity contribution in [2.45, 2.75) is 0 Å². The molecule has 1 nitrogen and oxygen atoms in total. The molecule has 0 amide bonds. The number of benzene rings is 1. The molecule has 0 aliphatic rings. The van der Waals surface area contributed by atoms with Crippen molar-refractivity contribution >= 4 is 40.5 Å². The van der Waals surface area contributed by atoms with Crippen molar-refractivity contribution in [3.63, 3.8) is 0 Å². The normalized spacial score (nSPS) is 8.64. The third-order valence-electron chi connectivity index (χ3n) is 1.13. The first kappa shape index (κ1) is 12.3. The van der Waals surface area contributed by atoms with Gasteiger partial charge in [0.2, 0.25) is 0 Å². The zero-order chi connectivity index (χ0) is 7.56. The van der Waals surface area contributed by atoms with Crippen LogP contribution in [-0.2, 0) is 0 Å². The molecule has 0 bridgehead atoms. The molecule has 5 heteroatoms. The van der Waals surface area contributed by atoms with Gasteiger partial charge in [-0.05, 0) is 17.6 Å². The zero-order valence-corrected chi connectivity index (χ0v) is 9.59. The summed E-state index contributed by atoms with van der Waals surface area (Å²) in [6, 6.07) is 5.34. The Labute approximate surface area is 110 Å². The summed E-state index contributed by atoms with van der Waals surface area (Å²) in [4.78, 5) is 0. The summed E-state index contributed by atoms with van der Waals surface area (Å²) in [7, 11) is 0.979. The van der Waals surface area contributed by atoms with E-state index in [1.165, 1.54) is 0 Å². The zero-order valence-electron chi connectivity index (χ0n) is 5.31. The Hall–Kier alpha value is 1.27. The van der Waals surface area contributed by atoms with Crippen LogP contribution in [0.25, 0.3) is 0 Å².